The van der Waals surface area contributed by atoms with Crippen LogP contribution >= 0.6 is 35.3 Å². The standard InChI is InChI=1S/C11H15N3O5S.C10H18O5.C6H7N3O3S.CH4S.Na.H/c1-11(2,3)19-10(17)13-9-12-6(5-20-9)7(8(15)16)14-18-4;1-9(2,3)14-7(11)13-8(12)15-10(4,5)6;1-12-9-4(5(10)11)3-2-13-6(7)8-3;1-2;;/h5H,1-4H3,(H,15,16)(H,12,13,17);1-6H3;2H,1H3,(H2,7,8)(H,10,11);2H,1H3;;/q;;;;+1;-1/b14-7-;;9-4-;;;/i;;;1D;;. The van der Waals surface area contributed by atoms with Gasteiger partial charge in [-0.1, -0.05) is 10.3 Å². The molecule has 51 heavy (non-hydrogen) atoms. The molecule has 0 saturated heterocycles. The minimum Gasteiger partial charge on any atom is -1.00 e. The van der Waals surface area contributed by atoms with Crippen molar-refractivity contribution in [2.75, 3.05) is 31.5 Å². The van der Waals surface area contributed by atoms with E-state index in [2.05, 4.69) is 52.6 Å². The van der Waals surface area contributed by atoms with E-state index in [1.807, 2.05) is 0 Å². The summed E-state index contributed by atoms with van der Waals surface area (Å²) in [7, 11) is 2.49. The Balaban J connectivity index is -0.000000328. The third-order valence-corrected chi connectivity index (χ3v) is 5.27. The van der Waals surface area contributed by atoms with Gasteiger partial charge in [0, 0.05) is 12.1 Å². The van der Waals surface area contributed by atoms with Gasteiger partial charge in [0.15, 0.2) is 10.3 Å². The van der Waals surface area contributed by atoms with Crippen molar-refractivity contribution >= 4 is 87.3 Å². The predicted octanol–water partition coefficient (Wildman–Crippen LogP) is 2.62. The number of rotatable bonds is 7. The van der Waals surface area contributed by atoms with E-state index in [1.54, 1.807) is 62.3 Å². The van der Waals surface area contributed by atoms with E-state index in [0.717, 1.165) is 22.7 Å². The van der Waals surface area contributed by atoms with Crippen LogP contribution in [0.2, 0.25) is 0 Å². The van der Waals surface area contributed by atoms with E-state index >= 15 is 0 Å². The quantitative estimate of drug-likeness (QED) is 0.0513. The number of aromatic nitrogens is 2. The molecule has 2 aromatic heterocycles. The molecule has 0 aromatic carbocycles. The summed E-state index contributed by atoms with van der Waals surface area (Å²) in [5, 5.41) is 30.2. The van der Waals surface area contributed by atoms with Gasteiger partial charge >= 0.3 is 59.9 Å². The van der Waals surface area contributed by atoms with Crippen LogP contribution in [-0.2, 0) is 38.2 Å². The molecule has 0 fully saturated rings. The van der Waals surface area contributed by atoms with Gasteiger partial charge in [-0.25, -0.2) is 33.9 Å². The van der Waals surface area contributed by atoms with Crippen LogP contribution in [0.15, 0.2) is 21.1 Å². The zero-order valence-corrected chi connectivity index (χ0v) is 34.9. The maximum Gasteiger partial charge on any atom is 1.00 e. The van der Waals surface area contributed by atoms with Crippen molar-refractivity contribution in [3.63, 3.8) is 0 Å². The molecule has 0 unspecified atom stereocenters. The average molecular weight is 794 g/mol. The van der Waals surface area contributed by atoms with E-state index in [0.29, 0.717) is 5.13 Å². The smallest absolute Gasteiger partial charge is 1.00 e. The summed E-state index contributed by atoms with van der Waals surface area (Å²) < 4.78 is 24.9. The number of thiol groups is 1. The third-order valence-electron chi connectivity index (χ3n) is 3.84. The summed E-state index contributed by atoms with van der Waals surface area (Å²) in [6, 6.07) is 0. The number of nitrogen functional groups attached to an aromatic ring is 1. The molecule has 0 radical (unpaired) electrons. The van der Waals surface area contributed by atoms with E-state index in [-0.39, 0.29) is 65.2 Å². The second-order valence-electron chi connectivity index (χ2n) is 11.6. The minimum atomic E-state index is -1.28. The molecule has 0 aliphatic carbocycles. The molecular formula is C28H45N6NaO13S3. The van der Waals surface area contributed by atoms with Gasteiger partial charge < -0.3 is 46.0 Å². The van der Waals surface area contributed by atoms with Crippen LogP contribution in [-0.4, -0.2) is 99.2 Å². The van der Waals surface area contributed by atoms with E-state index in [1.165, 1.54) is 25.0 Å². The predicted molar refractivity (Wildman–Crippen MR) is 190 cm³/mol. The number of carbonyl (C=O) groups excluding carboxylic acids is 3. The second-order valence-corrected chi connectivity index (χ2v) is 13.4. The molecule has 23 heteroatoms. The average Bonchev–Trinajstić information content (AvgIpc) is 3.56. The van der Waals surface area contributed by atoms with Gasteiger partial charge in [0.05, 0.1) is 0 Å². The number of thiazole rings is 2. The third kappa shape index (κ3) is 25.8. The van der Waals surface area contributed by atoms with E-state index in [9.17, 15) is 24.0 Å². The van der Waals surface area contributed by atoms with Gasteiger partial charge in [-0.05, 0) is 68.5 Å². The zero-order chi connectivity index (χ0) is 40.2. The van der Waals surface area contributed by atoms with Crippen molar-refractivity contribution in [2.24, 2.45) is 10.3 Å². The number of hydrogen-bond acceptors (Lipinski definition) is 19. The maximum absolute atomic E-state index is 11.5. The van der Waals surface area contributed by atoms with Crippen LogP contribution in [0.1, 0.15) is 76.5 Å². The molecule has 2 heterocycles. The Hall–Kier alpha value is -3.70. The van der Waals surface area contributed by atoms with Crippen molar-refractivity contribution in [2.45, 2.75) is 79.1 Å². The first-order chi connectivity index (χ1) is 23.3. The van der Waals surface area contributed by atoms with Gasteiger partial charge in [-0.2, -0.15) is 12.6 Å². The van der Waals surface area contributed by atoms with Gasteiger partial charge in [0.1, 0.15) is 42.4 Å². The minimum absolute atomic E-state index is 0. The summed E-state index contributed by atoms with van der Waals surface area (Å²) in [5.41, 5.74) is 3.01. The maximum atomic E-state index is 11.5. The number of hydrogen-bond donors (Lipinski definition) is 5. The van der Waals surface area contributed by atoms with Crippen molar-refractivity contribution < 1.29 is 95.2 Å². The number of carbonyl (C=O) groups is 5. The summed E-state index contributed by atoms with van der Waals surface area (Å²) in [4.78, 5) is 71.6. The zero-order valence-electron chi connectivity index (χ0n) is 32.4. The number of ether oxygens (including phenoxy) is 4. The Bertz CT molecular complexity index is 1480. The van der Waals surface area contributed by atoms with Gasteiger partial charge in [0.2, 0.25) is 11.4 Å². The number of nitrogens with one attached hydrogen (secondary N) is 1. The van der Waals surface area contributed by atoms with Crippen molar-refractivity contribution in [3.05, 3.63) is 22.1 Å². The Morgan fingerprint density at radius 3 is 1.49 bits per heavy atom. The van der Waals surface area contributed by atoms with Crippen LogP contribution in [0.5, 0.6) is 0 Å². The van der Waals surface area contributed by atoms with Crippen molar-refractivity contribution in [1.82, 2.24) is 9.97 Å². The molecule has 1 amide bonds. The molecule has 5 N–H and O–H groups in total. The fourth-order valence-electron chi connectivity index (χ4n) is 2.41. The molecular weight excluding hydrogens is 748 g/mol. The molecule has 0 atom stereocenters. The molecule has 0 spiro atoms. The number of aliphatic carboxylic acids is 2. The summed E-state index contributed by atoms with van der Waals surface area (Å²) in [6.45, 7) is 15.2. The topological polar surface area (TPSA) is 270 Å². The van der Waals surface area contributed by atoms with Crippen molar-refractivity contribution in [3.8, 4) is 0 Å². The Labute approximate surface area is 333 Å². The second kappa shape index (κ2) is 24.5. The molecule has 284 valence electrons. The van der Waals surface area contributed by atoms with Crippen LogP contribution in [0.25, 0.3) is 0 Å². The number of amides is 1. The van der Waals surface area contributed by atoms with Gasteiger partial charge in [-0.15, -0.1) is 22.7 Å². The molecule has 0 saturated carbocycles. The molecule has 0 bridgehead atoms. The van der Waals surface area contributed by atoms with E-state index < -0.39 is 47.1 Å². The fraction of sp³-hybridized carbons (Fsp3) is 0.536. The van der Waals surface area contributed by atoms with Crippen LogP contribution in [0.4, 0.5) is 24.6 Å². The largest absolute Gasteiger partial charge is 1.00 e. The Morgan fingerprint density at radius 2 is 1.18 bits per heavy atom. The number of anilines is 2. The Kier molecular flexibility index (Phi) is 23.7. The molecule has 2 aromatic rings. The van der Waals surface area contributed by atoms with Gasteiger partial charge in [0.25, 0.3) is 0 Å². The van der Waals surface area contributed by atoms with E-state index in [4.69, 9.17) is 31.5 Å². The molecule has 0 aliphatic rings. The van der Waals surface area contributed by atoms with Crippen LogP contribution in [0.3, 0.4) is 0 Å². The normalized spacial score (nSPS) is 11.4. The van der Waals surface area contributed by atoms with Crippen LogP contribution < -0.4 is 40.6 Å². The summed E-state index contributed by atoms with van der Waals surface area (Å²) >= 11 is 5.65. The Morgan fingerprint density at radius 1 is 0.804 bits per heavy atom. The number of carboxylic acid groups (broad SMARTS) is 2. The first kappa shape index (κ1) is 49.4. The van der Waals surface area contributed by atoms with Gasteiger partial charge in [-0.3, -0.25) is 5.32 Å². The number of oxime groups is 2. The SMILES string of the molecule is CC(C)(C)OC(=O)OC(=O)OC(C)(C)C.CO/N=C(\C(=O)O)c1csc(N)n1.CO/N=C(\C(=O)O)c1csc(NC(=O)OC(C)(C)C)n1.[2H]CS.[H-].[Na+]. The first-order valence-electron chi connectivity index (χ1n) is 14.4. The summed E-state index contributed by atoms with van der Waals surface area (Å²) in [6.07, 6.45) is -2.59. The molecule has 2 rings (SSSR count). The molecule has 19 nitrogen and oxygen atoms in total. The monoisotopic (exact) mass is 793 g/mol. The first-order valence-corrected chi connectivity index (χ1v) is 16.1. The molecule has 0 aliphatic heterocycles. The summed E-state index contributed by atoms with van der Waals surface area (Å²) in [5.74, 6) is -2.48. The number of carboxylic acids is 2. The number of nitrogens with two attached hydrogens (primary N) is 1. The number of nitrogens with zero attached hydrogens (tertiary/aromatic N) is 4. The van der Waals surface area contributed by atoms with Crippen LogP contribution in [0, 0.1) is 0 Å². The fourth-order valence-corrected chi connectivity index (χ4v) is 3.64. The van der Waals surface area contributed by atoms with Crippen molar-refractivity contribution in [1.29, 1.82) is 0 Å².